The molecule has 6 aromatic heterocycles. The normalized spacial score (nSPS) is 12.7. The third-order valence-corrected chi connectivity index (χ3v) is 17.1. The van der Waals surface area contributed by atoms with E-state index in [0.29, 0.717) is 0 Å². The number of hydrogen-bond acceptors (Lipinski definition) is 4. The van der Waals surface area contributed by atoms with E-state index in [1.807, 2.05) is 0 Å². The molecule has 0 amide bonds. The first kappa shape index (κ1) is 49.9. The molecule has 388 valence electrons. The Labute approximate surface area is 469 Å². The van der Waals surface area contributed by atoms with Crippen molar-refractivity contribution in [3.05, 3.63) is 200 Å². The van der Waals surface area contributed by atoms with Crippen molar-refractivity contribution >= 4 is 109 Å². The lowest BCUT2D eigenvalue weighted by molar-refractivity contribution is 0.642. The summed E-state index contributed by atoms with van der Waals surface area (Å²) in [5, 5.41) is 0. The number of aromatic amines is 4. The van der Waals surface area contributed by atoms with Gasteiger partial charge in [-0.1, -0.05) is 118 Å². The second kappa shape index (κ2) is 20.6. The highest BCUT2D eigenvalue weighted by Crippen LogP contribution is 2.43. The molecular formula is C70H61BrN8. The fourth-order valence-corrected chi connectivity index (χ4v) is 12.6. The number of halogens is 1. The van der Waals surface area contributed by atoms with Crippen LogP contribution in [0.5, 0.6) is 0 Å². The minimum atomic E-state index is 0.235. The molecule has 10 heterocycles. The van der Waals surface area contributed by atoms with Gasteiger partial charge in [-0.25, -0.2) is 19.9 Å². The van der Waals surface area contributed by atoms with Gasteiger partial charge in [0, 0.05) is 77.6 Å². The summed E-state index contributed by atoms with van der Waals surface area (Å²) in [5.41, 5.74) is 27.7. The summed E-state index contributed by atoms with van der Waals surface area (Å²) < 4.78 is 0.876. The van der Waals surface area contributed by atoms with Gasteiger partial charge in [-0.2, -0.15) is 0 Å². The van der Waals surface area contributed by atoms with Gasteiger partial charge in [-0.3, -0.25) is 0 Å². The molecule has 0 aliphatic carbocycles. The molecule has 0 unspecified atom stereocenters. The summed E-state index contributed by atoms with van der Waals surface area (Å²) in [4.78, 5) is 38.3. The molecule has 9 aromatic rings. The molecule has 79 heavy (non-hydrogen) atoms. The third-order valence-electron chi connectivity index (χ3n) is 16.3. The average Bonchev–Trinajstić information content (AvgIpc) is 4.50. The van der Waals surface area contributed by atoms with Crippen LogP contribution in [0.3, 0.4) is 0 Å². The van der Waals surface area contributed by atoms with Crippen LogP contribution in [0, 0.1) is 13.8 Å². The van der Waals surface area contributed by atoms with E-state index in [4.69, 9.17) is 19.9 Å². The highest BCUT2D eigenvalue weighted by molar-refractivity contribution is 9.10. The van der Waals surface area contributed by atoms with Crippen molar-refractivity contribution in [3.8, 4) is 44.5 Å². The molecule has 8 nitrogen and oxygen atoms in total. The molecule has 16 bridgehead atoms. The smallest absolute Gasteiger partial charge is 0.0801 e. The summed E-state index contributed by atoms with van der Waals surface area (Å²) in [6, 6.07) is 45.8. The highest BCUT2D eigenvalue weighted by Gasteiger charge is 2.25. The van der Waals surface area contributed by atoms with Crippen molar-refractivity contribution in [2.75, 3.05) is 0 Å². The maximum atomic E-state index is 5.80. The first-order valence-electron chi connectivity index (χ1n) is 27.9. The molecule has 0 radical (unpaired) electrons. The van der Waals surface area contributed by atoms with Crippen molar-refractivity contribution in [1.29, 1.82) is 0 Å². The minimum Gasteiger partial charge on any atom is -0.355 e. The molecule has 0 spiro atoms. The number of benzene rings is 3. The Balaban J connectivity index is 1.22. The van der Waals surface area contributed by atoms with Crippen molar-refractivity contribution in [3.63, 3.8) is 0 Å². The molecular weight excluding hydrogens is 1030 g/mol. The van der Waals surface area contributed by atoms with Gasteiger partial charge in [0.1, 0.15) is 0 Å². The number of nitrogens with zero attached hydrogens (tertiary/aromatic N) is 4. The van der Waals surface area contributed by atoms with E-state index in [1.54, 1.807) is 0 Å². The topological polar surface area (TPSA) is 115 Å². The lowest BCUT2D eigenvalue weighted by Crippen LogP contribution is -2.00. The third kappa shape index (κ3) is 8.96. The molecule has 13 rings (SSSR count). The zero-order valence-electron chi connectivity index (χ0n) is 45.4. The zero-order chi connectivity index (χ0) is 53.9. The molecule has 0 saturated carbocycles. The molecule has 4 N–H and O–H groups in total. The Morgan fingerprint density at radius 1 is 0.316 bits per heavy atom. The standard InChI is InChI=1S/C70H61BrN8/c1-7-42(8-2)63-47-24-26-51(72-47)65(44-14-12-11-13-15-44)52-27-25-48(73-52)64(43(9-3)10-4)50-29-33-58(75-50)68(57-32-28-49(63)74-57)69-59-34-30-53(76-59)66(45-20-16-40(5)17-21-45)55-36-38-61(78-55)70(71)62-39-37-56(79-62)67(54-31-35-60(69)77-54)46-22-18-41(6)19-23-46/h11-39,42-43,72,75-76,79H,7-10H2,1-6H3. The van der Waals surface area contributed by atoms with E-state index < -0.39 is 0 Å². The Bertz CT molecular complexity index is 4330. The average molecular weight is 1090 g/mol. The number of rotatable bonds is 10. The lowest BCUT2D eigenvalue weighted by atomic mass is 9.92. The molecule has 4 aliphatic heterocycles. The van der Waals surface area contributed by atoms with Crippen molar-refractivity contribution in [2.45, 2.75) is 79.1 Å². The summed E-state index contributed by atoms with van der Waals surface area (Å²) in [5.74, 6) is 0.470. The minimum absolute atomic E-state index is 0.235. The molecule has 4 aliphatic rings. The van der Waals surface area contributed by atoms with Gasteiger partial charge in [-0.15, -0.1) is 0 Å². The number of aryl methyl sites for hydroxylation is 2. The second-order valence-corrected chi connectivity index (χ2v) is 21.9. The quantitative estimate of drug-likeness (QED) is 0.109. The SMILES string of the molecule is CCC(CC)c1c2nc(c(-c3c4nc(c(-c5ccc(C)cc5)c5ccc([nH]5)c(Br)c5nc(c(-c6ccc(C)cc6)c6ccc3[nH]6)C=C5)C=C4)c3ccc([nH]3)c(C(CC)CC)c3nc(c(-c4ccccc4)c4ccc1[nH]4)C=C3)C=C2. The van der Waals surface area contributed by atoms with Crippen LogP contribution in [-0.2, 0) is 0 Å². The molecule has 0 fully saturated rings. The first-order valence-corrected chi connectivity index (χ1v) is 28.6. The van der Waals surface area contributed by atoms with Gasteiger partial charge in [0.05, 0.1) is 55.5 Å². The van der Waals surface area contributed by atoms with Crippen LogP contribution in [-0.4, -0.2) is 39.9 Å². The number of fused-ring (bicyclic) bond motifs is 16. The predicted octanol–water partition coefficient (Wildman–Crippen LogP) is 19.5. The van der Waals surface area contributed by atoms with Crippen LogP contribution in [0.15, 0.2) is 132 Å². The zero-order valence-corrected chi connectivity index (χ0v) is 47.0. The van der Waals surface area contributed by atoms with Crippen LogP contribution in [0.25, 0.3) is 137 Å². The largest absolute Gasteiger partial charge is 0.355 e. The molecule has 9 heteroatoms. The van der Waals surface area contributed by atoms with Crippen LogP contribution < -0.4 is 0 Å². The van der Waals surface area contributed by atoms with E-state index >= 15 is 0 Å². The van der Waals surface area contributed by atoms with Crippen molar-refractivity contribution in [2.24, 2.45) is 0 Å². The predicted molar refractivity (Wildman–Crippen MR) is 337 cm³/mol. The fraction of sp³-hybridized carbons (Fsp3) is 0.171. The number of aromatic nitrogens is 8. The van der Waals surface area contributed by atoms with E-state index in [0.717, 1.165) is 164 Å². The first-order chi connectivity index (χ1) is 38.7. The van der Waals surface area contributed by atoms with Crippen LogP contribution >= 0.6 is 15.9 Å². The van der Waals surface area contributed by atoms with Gasteiger partial charge in [0.25, 0.3) is 0 Å². The van der Waals surface area contributed by atoms with Gasteiger partial charge in [0.15, 0.2) is 0 Å². The molecule has 3 aromatic carbocycles. The molecule has 0 atom stereocenters. The number of hydrogen-bond donors (Lipinski definition) is 4. The van der Waals surface area contributed by atoms with Crippen molar-refractivity contribution in [1.82, 2.24) is 39.9 Å². The van der Waals surface area contributed by atoms with E-state index in [-0.39, 0.29) is 11.8 Å². The summed E-state index contributed by atoms with van der Waals surface area (Å²) >= 11 is 3.99. The number of H-pyrrole nitrogens is 4. The Hall–Kier alpha value is -8.66. The van der Waals surface area contributed by atoms with Gasteiger partial charge < -0.3 is 19.9 Å². The van der Waals surface area contributed by atoms with Crippen LogP contribution in [0.4, 0.5) is 0 Å². The second-order valence-electron chi connectivity index (χ2n) is 21.1. The Morgan fingerprint density at radius 3 is 1.03 bits per heavy atom. The van der Waals surface area contributed by atoms with Gasteiger partial charge in [-0.05, 0) is 181 Å². The summed E-state index contributed by atoms with van der Waals surface area (Å²) in [7, 11) is 0. The van der Waals surface area contributed by atoms with Crippen LogP contribution in [0.2, 0.25) is 0 Å². The Kier molecular flexibility index (Phi) is 13.0. The monoisotopic (exact) mass is 1090 g/mol. The molecule has 0 saturated heterocycles. The van der Waals surface area contributed by atoms with E-state index in [1.165, 1.54) is 22.3 Å². The van der Waals surface area contributed by atoms with Gasteiger partial charge in [0.2, 0.25) is 0 Å². The number of nitrogens with one attached hydrogen (secondary N) is 4. The van der Waals surface area contributed by atoms with E-state index in [9.17, 15) is 0 Å². The van der Waals surface area contributed by atoms with Crippen LogP contribution in [0.1, 0.15) is 133 Å². The summed E-state index contributed by atoms with van der Waals surface area (Å²) in [6.07, 6.45) is 21.2. The summed E-state index contributed by atoms with van der Waals surface area (Å²) in [6.45, 7) is 13.4. The van der Waals surface area contributed by atoms with E-state index in [2.05, 4.69) is 253 Å². The van der Waals surface area contributed by atoms with Crippen molar-refractivity contribution < 1.29 is 0 Å². The van der Waals surface area contributed by atoms with Gasteiger partial charge >= 0.3 is 0 Å². The maximum absolute atomic E-state index is 5.80. The Morgan fingerprint density at radius 2 is 0.608 bits per heavy atom. The maximum Gasteiger partial charge on any atom is 0.0801 e. The lowest BCUT2D eigenvalue weighted by Gasteiger charge is -2.14. The fourth-order valence-electron chi connectivity index (χ4n) is 12.2. The highest BCUT2D eigenvalue weighted by atomic mass is 79.9.